The predicted octanol–water partition coefficient (Wildman–Crippen LogP) is 6.61. The van der Waals surface area contributed by atoms with Crippen LogP contribution in [-0.4, -0.2) is 24.7 Å². The highest BCUT2D eigenvalue weighted by Gasteiger charge is 2.19. The fraction of sp³-hybridized carbons (Fsp3) is 0.0417. The SMILES string of the molecule is O=C(COc1ccc(Cl)cc1Cl)N/N=C/c1cccc(OC(=O)c2sc3ccccc3c2Cl)c1. The van der Waals surface area contributed by atoms with Gasteiger partial charge in [-0.25, -0.2) is 10.2 Å². The van der Waals surface area contributed by atoms with E-state index in [4.69, 9.17) is 44.3 Å². The van der Waals surface area contributed by atoms with Crippen LogP contribution >= 0.6 is 46.1 Å². The zero-order chi connectivity index (χ0) is 24.1. The van der Waals surface area contributed by atoms with Crippen LogP contribution in [0.2, 0.25) is 15.1 Å². The van der Waals surface area contributed by atoms with Gasteiger partial charge in [0.05, 0.1) is 16.3 Å². The van der Waals surface area contributed by atoms with E-state index in [1.54, 1.807) is 36.4 Å². The van der Waals surface area contributed by atoms with E-state index in [0.29, 0.717) is 37.0 Å². The molecule has 0 aliphatic rings. The van der Waals surface area contributed by atoms with Crippen LogP contribution in [0.3, 0.4) is 0 Å². The second-order valence-electron chi connectivity index (χ2n) is 6.86. The minimum absolute atomic E-state index is 0.285. The number of rotatable bonds is 7. The van der Waals surface area contributed by atoms with Gasteiger partial charge in [0.15, 0.2) is 6.61 Å². The molecule has 1 amide bonds. The molecule has 0 unspecified atom stereocenters. The number of hydrogen-bond acceptors (Lipinski definition) is 6. The van der Waals surface area contributed by atoms with E-state index in [2.05, 4.69) is 10.5 Å². The fourth-order valence-electron chi connectivity index (χ4n) is 2.90. The first-order valence-electron chi connectivity index (χ1n) is 9.80. The molecule has 4 rings (SSSR count). The van der Waals surface area contributed by atoms with Crippen LogP contribution in [0.4, 0.5) is 0 Å². The summed E-state index contributed by atoms with van der Waals surface area (Å²) in [6.07, 6.45) is 1.41. The van der Waals surface area contributed by atoms with Gasteiger partial charge in [0, 0.05) is 15.1 Å². The van der Waals surface area contributed by atoms with Crippen molar-refractivity contribution < 1.29 is 19.1 Å². The molecule has 0 atom stereocenters. The van der Waals surface area contributed by atoms with Gasteiger partial charge in [-0.05, 0) is 42.0 Å². The molecule has 0 bridgehead atoms. The van der Waals surface area contributed by atoms with Crippen LogP contribution in [-0.2, 0) is 4.79 Å². The molecule has 1 aromatic heterocycles. The quantitative estimate of drug-likeness (QED) is 0.125. The van der Waals surface area contributed by atoms with Crippen LogP contribution in [0.5, 0.6) is 11.5 Å². The van der Waals surface area contributed by atoms with Crippen molar-refractivity contribution in [1.82, 2.24) is 5.43 Å². The van der Waals surface area contributed by atoms with E-state index in [1.165, 1.54) is 23.6 Å². The maximum atomic E-state index is 12.6. The van der Waals surface area contributed by atoms with Gasteiger partial charge in [-0.1, -0.05) is 65.1 Å². The van der Waals surface area contributed by atoms with Gasteiger partial charge in [-0.15, -0.1) is 11.3 Å². The second-order valence-corrected chi connectivity index (χ2v) is 9.13. The van der Waals surface area contributed by atoms with Crippen LogP contribution in [0, 0.1) is 0 Å². The molecule has 34 heavy (non-hydrogen) atoms. The molecular weight excluding hydrogens is 519 g/mol. The molecule has 1 heterocycles. The molecule has 0 saturated heterocycles. The van der Waals surface area contributed by atoms with Crippen molar-refractivity contribution in [2.24, 2.45) is 5.10 Å². The molecule has 0 aliphatic heterocycles. The molecule has 172 valence electrons. The summed E-state index contributed by atoms with van der Waals surface area (Å²) in [5.74, 6) is -0.385. The molecule has 4 aromatic rings. The number of esters is 1. The van der Waals surface area contributed by atoms with E-state index >= 15 is 0 Å². The Labute approximate surface area is 213 Å². The number of carbonyl (C=O) groups excluding carboxylic acids is 2. The normalized spacial score (nSPS) is 11.0. The van der Waals surface area contributed by atoms with E-state index in [-0.39, 0.29) is 6.61 Å². The highest BCUT2D eigenvalue weighted by Crippen LogP contribution is 2.35. The van der Waals surface area contributed by atoms with Gasteiger partial charge >= 0.3 is 5.97 Å². The Balaban J connectivity index is 1.34. The third-order valence-electron chi connectivity index (χ3n) is 4.44. The monoisotopic (exact) mass is 532 g/mol. The molecule has 0 fully saturated rings. The Hall–Kier alpha value is -3.10. The maximum Gasteiger partial charge on any atom is 0.355 e. The first kappa shape index (κ1) is 24.0. The Morgan fingerprint density at radius 1 is 1.00 bits per heavy atom. The molecule has 6 nitrogen and oxygen atoms in total. The lowest BCUT2D eigenvalue weighted by molar-refractivity contribution is -0.123. The van der Waals surface area contributed by atoms with Crippen molar-refractivity contribution >= 4 is 74.3 Å². The third-order valence-corrected chi connectivity index (χ3v) is 6.63. The molecular formula is C24H15Cl3N2O4S. The van der Waals surface area contributed by atoms with Crippen molar-refractivity contribution in [1.29, 1.82) is 0 Å². The number of carbonyl (C=O) groups is 2. The predicted molar refractivity (Wildman–Crippen MR) is 136 cm³/mol. The molecule has 1 N–H and O–H groups in total. The minimum atomic E-state index is -0.549. The third kappa shape index (κ3) is 5.87. The van der Waals surface area contributed by atoms with Crippen molar-refractivity contribution in [2.75, 3.05) is 6.61 Å². The summed E-state index contributed by atoms with van der Waals surface area (Å²) < 4.78 is 11.7. The Morgan fingerprint density at radius 3 is 2.62 bits per heavy atom. The Kier molecular flexibility index (Phi) is 7.70. The van der Waals surface area contributed by atoms with Gasteiger partial charge in [-0.2, -0.15) is 5.10 Å². The molecule has 10 heteroatoms. The Morgan fingerprint density at radius 2 is 1.82 bits per heavy atom. The Bertz CT molecular complexity index is 1400. The van der Waals surface area contributed by atoms with Crippen molar-refractivity contribution in [3.63, 3.8) is 0 Å². The maximum absolute atomic E-state index is 12.6. The van der Waals surface area contributed by atoms with Crippen LogP contribution in [0.25, 0.3) is 10.1 Å². The average molecular weight is 534 g/mol. The lowest BCUT2D eigenvalue weighted by Crippen LogP contribution is -2.24. The summed E-state index contributed by atoms with van der Waals surface area (Å²) >= 11 is 19.5. The van der Waals surface area contributed by atoms with Crippen molar-refractivity contribution in [3.05, 3.63) is 92.2 Å². The largest absolute Gasteiger partial charge is 0.482 e. The molecule has 0 spiro atoms. The average Bonchev–Trinajstić information content (AvgIpc) is 3.15. The van der Waals surface area contributed by atoms with Gasteiger partial charge in [0.1, 0.15) is 16.4 Å². The van der Waals surface area contributed by atoms with Crippen molar-refractivity contribution in [3.8, 4) is 11.5 Å². The lowest BCUT2D eigenvalue weighted by atomic mass is 10.2. The number of nitrogens with zero attached hydrogens (tertiary/aromatic N) is 1. The topological polar surface area (TPSA) is 77.0 Å². The van der Waals surface area contributed by atoms with E-state index < -0.39 is 11.9 Å². The summed E-state index contributed by atoms with van der Waals surface area (Å²) in [5.41, 5.74) is 2.96. The number of fused-ring (bicyclic) bond motifs is 1. The summed E-state index contributed by atoms with van der Waals surface area (Å²) in [7, 11) is 0. The van der Waals surface area contributed by atoms with Gasteiger partial charge < -0.3 is 9.47 Å². The number of benzene rings is 3. The first-order chi connectivity index (χ1) is 16.4. The number of ether oxygens (including phenoxy) is 2. The van der Waals surface area contributed by atoms with E-state index in [9.17, 15) is 9.59 Å². The minimum Gasteiger partial charge on any atom is -0.482 e. The van der Waals surface area contributed by atoms with Crippen LogP contribution in [0.1, 0.15) is 15.2 Å². The number of halogens is 3. The second kappa shape index (κ2) is 10.9. The number of hydrazone groups is 1. The smallest absolute Gasteiger partial charge is 0.355 e. The number of thiophene rings is 1. The van der Waals surface area contributed by atoms with Gasteiger partial charge in [0.2, 0.25) is 0 Å². The number of nitrogens with one attached hydrogen (secondary N) is 1. The summed E-state index contributed by atoms with van der Waals surface area (Å²) in [4.78, 5) is 24.9. The zero-order valence-corrected chi connectivity index (χ0v) is 20.3. The van der Waals surface area contributed by atoms with E-state index in [1.807, 2.05) is 24.3 Å². The van der Waals surface area contributed by atoms with E-state index in [0.717, 1.165) is 10.1 Å². The lowest BCUT2D eigenvalue weighted by Gasteiger charge is -2.07. The summed E-state index contributed by atoms with van der Waals surface area (Å²) in [6.45, 7) is -0.285. The van der Waals surface area contributed by atoms with Gasteiger partial charge in [-0.3, -0.25) is 4.79 Å². The standard InChI is InChI=1S/C24H15Cl3N2O4S/c25-15-8-9-19(18(26)11-15)32-13-21(30)29-28-12-14-4-3-5-16(10-14)33-24(31)23-22(27)17-6-1-2-7-20(17)34-23/h1-12H,13H2,(H,29,30)/b28-12+. The number of amides is 1. The molecule has 3 aromatic carbocycles. The van der Waals surface area contributed by atoms with Crippen molar-refractivity contribution in [2.45, 2.75) is 0 Å². The highest BCUT2D eigenvalue weighted by molar-refractivity contribution is 7.21. The molecule has 0 aliphatic carbocycles. The number of hydrogen-bond donors (Lipinski definition) is 1. The highest BCUT2D eigenvalue weighted by atomic mass is 35.5. The summed E-state index contributed by atoms with van der Waals surface area (Å²) in [6, 6.07) is 18.9. The van der Waals surface area contributed by atoms with Gasteiger partial charge in [0.25, 0.3) is 5.91 Å². The molecule has 0 radical (unpaired) electrons. The molecule has 0 saturated carbocycles. The first-order valence-corrected chi connectivity index (χ1v) is 11.7. The van der Waals surface area contributed by atoms with Crippen LogP contribution in [0.15, 0.2) is 71.8 Å². The fourth-order valence-corrected chi connectivity index (χ4v) is 4.75. The van der Waals surface area contributed by atoms with Crippen LogP contribution < -0.4 is 14.9 Å². The summed E-state index contributed by atoms with van der Waals surface area (Å²) in [5, 5.41) is 5.83. The zero-order valence-electron chi connectivity index (χ0n) is 17.3.